The number of halogens is 1. The van der Waals surface area contributed by atoms with Crippen molar-refractivity contribution < 1.29 is 105 Å². The van der Waals surface area contributed by atoms with Gasteiger partial charge in [0.05, 0.1) is 75.9 Å². The third-order valence-electron chi connectivity index (χ3n) is 18.0. The van der Waals surface area contributed by atoms with Crippen molar-refractivity contribution in [2.24, 2.45) is 20.5 Å². The number of alkyl carbamates (subject to hydrolysis) is 1. The number of carbonyl (C=O) groups excluding carboxylic acids is 5. The van der Waals surface area contributed by atoms with E-state index in [1.54, 1.807) is 146 Å². The van der Waals surface area contributed by atoms with E-state index in [0.29, 0.717) is 33.6 Å². The van der Waals surface area contributed by atoms with Crippen LogP contribution in [0.2, 0.25) is 0 Å². The average molecular weight is 1490 g/mol. The molecular weight excluding hydrogens is 1410 g/mol. The summed E-state index contributed by atoms with van der Waals surface area (Å²) in [4.78, 5) is 83.9. The first kappa shape index (κ1) is 80.7. The van der Waals surface area contributed by atoms with Gasteiger partial charge >= 0.3 is 24.1 Å². The largest absolute Gasteiger partial charge is 0.497 e. The number of aliphatic hydroxyl groups excluding tert-OH is 3. The topological polar surface area (TPSA) is 488 Å². The molecule has 3 saturated heterocycles. The normalized spacial score (nSPS) is 27.4. The third-order valence-corrected chi connectivity index (χ3v) is 18.0. The second kappa shape index (κ2) is 40.3. The van der Waals surface area contributed by atoms with Crippen LogP contribution in [0.3, 0.4) is 0 Å². The van der Waals surface area contributed by atoms with Crippen molar-refractivity contribution in [2.45, 2.75) is 195 Å². The zero-order valence-corrected chi connectivity index (χ0v) is 58.4. The van der Waals surface area contributed by atoms with E-state index in [1.807, 2.05) is 6.07 Å². The molecule has 21 atom stereocenters. The molecule has 0 aromatic heterocycles. The van der Waals surface area contributed by atoms with Gasteiger partial charge in [0, 0.05) is 40.0 Å². The van der Waals surface area contributed by atoms with Crippen molar-refractivity contribution in [1.29, 1.82) is 0 Å². The highest BCUT2D eigenvalue weighted by Crippen LogP contribution is 2.40. The zero-order chi connectivity index (χ0) is 76.4. The number of amides is 3. The molecule has 5 aromatic rings. The number of nitrogens with one attached hydrogen (secondary N) is 2. The summed E-state index contributed by atoms with van der Waals surface area (Å²) in [7, 11) is 1.44. The van der Waals surface area contributed by atoms with Crippen LogP contribution < -0.4 is 15.4 Å². The summed E-state index contributed by atoms with van der Waals surface area (Å²) in [6, 6.07) is 33.3. The number of alkyl halides is 1. The van der Waals surface area contributed by atoms with Crippen molar-refractivity contribution in [2.75, 3.05) is 26.8 Å². The van der Waals surface area contributed by atoms with Crippen LogP contribution in [0.1, 0.15) is 61.4 Å². The minimum absolute atomic E-state index is 0.00973. The van der Waals surface area contributed by atoms with E-state index in [0.717, 1.165) is 13.8 Å². The third kappa shape index (κ3) is 22.3. The first-order chi connectivity index (χ1) is 51.8. The predicted molar refractivity (Wildman–Crippen MR) is 369 cm³/mol. The second-order valence-corrected chi connectivity index (χ2v) is 25.2. The van der Waals surface area contributed by atoms with Gasteiger partial charge in [0.1, 0.15) is 80.5 Å². The Morgan fingerprint density at radius 2 is 1.16 bits per heavy atom. The van der Waals surface area contributed by atoms with Gasteiger partial charge in [0.25, 0.3) is 5.91 Å². The van der Waals surface area contributed by atoms with E-state index in [9.17, 15) is 56.6 Å². The Hall–Kier alpha value is -10.4. The number of benzene rings is 5. The van der Waals surface area contributed by atoms with Gasteiger partial charge in [0.2, 0.25) is 0 Å². The molecule has 0 spiro atoms. The van der Waals surface area contributed by atoms with Crippen molar-refractivity contribution in [1.82, 2.24) is 15.5 Å². The highest BCUT2D eigenvalue weighted by Gasteiger charge is 2.60. The minimum atomic E-state index is -2.41. The Bertz CT molecular complexity index is 3910. The summed E-state index contributed by atoms with van der Waals surface area (Å²) in [6.45, 7) is 0.0462. The van der Waals surface area contributed by atoms with Crippen molar-refractivity contribution in [3.05, 3.63) is 215 Å². The predicted octanol–water partition coefficient (Wildman–Crippen LogP) is 8.19. The lowest BCUT2D eigenvalue weighted by Crippen LogP contribution is -2.75. The summed E-state index contributed by atoms with van der Waals surface area (Å²) in [6.07, 6.45) is -32.6. The van der Waals surface area contributed by atoms with Gasteiger partial charge < -0.3 is 87.5 Å². The molecule has 107 heavy (non-hydrogen) atoms. The molecule has 36 nitrogen and oxygen atoms in total. The molecule has 1 saturated carbocycles. The number of ether oxygens (including phenoxy) is 13. The molecule has 0 unspecified atom stereocenters. The number of hydrogen-bond donors (Lipinski definition) is 5. The number of rotatable bonds is 34. The molecule has 1 aliphatic carbocycles. The van der Waals surface area contributed by atoms with Crippen molar-refractivity contribution >= 4 is 30.0 Å². The smallest absolute Gasteiger partial charge is 0.410 e. The monoisotopic (exact) mass is 1490 g/mol. The van der Waals surface area contributed by atoms with Crippen LogP contribution in [0, 0.1) is 0 Å². The standard InChI is InChI=1S/C70H82FN15O21/c1-39(86(33-42-17-9-5-10-18-42)70(94)100-37-45-23-15-8-16-24-45)50-30-29-49(80-84-74)66(102-50)106-62-55(79-69(93)99-36-44-21-13-7-14-22-44)61(98-34-43-19-11-6-12-20-43)53(78-65(92)59(48(71)31-76-82-72)97-35-46-25-27-47(95-4)28-26-46)58(91)63(62)107-68-64(101-41(3)88)60(52(104-68)38-96-40(2)87)105-67-54(81-85-75)57(90)56(89)51(103-67)32-77-83-73/h5-28,39,48-64,66-68,89-91H,29-38H2,1-4H3,(H,78,92)(H,79,93)/t39-,48+,49+,50-,51-,52+,53-,54+,55-,56-,57+,58-,59-,60+,61+,62+,63+,64+,66+,67+,68-/m0/s1. The van der Waals surface area contributed by atoms with Crippen LogP contribution in [-0.2, 0) is 104 Å². The van der Waals surface area contributed by atoms with E-state index >= 15 is 9.18 Å². The number of aliphatic hydroxyl groups is 3. The molecule has 4 aliphatic rings. The van der Waals surface area contributed by atoms with Crippen LogP contribution in [0.5, 0.6) is 5.75 Å². The van der Waals surface area contributed by atoms with Crippen LogP contribution in [0.25, 0.3) is 41.8 Å². The van der Waals surface area contributed by atoms with Crippen LogP contribution in [-0.4, -0.2) is 206 Å². The number of methoxy groups -OCH3 is 1. The number of hydrogen-bond acceptors (Lipinski definition) is 25. The summed E-state index contributed by atoms with van der Waals surface area (Å²) in [5.41, 5.74) is 41.5. The van der Waals surface area contributed by atoms with E-state index in [-0.39, 0.29) is 39.2 Å². The van der Waals surface area contributed by atoms with E-state index in [4.69, 9.17) is 61.6 Å². The number of azide groups is 4. The molecule has 5 aromatic carbocycles. The van der Waals surface area contributed by atoms with Gasteiger partial charge in [-0.15, -0.1) is 0 Å². The van der Waals surface area contributed by atoms with Crippen LogP contribution >= 0.6 is 0 Å². The van der Waals surface area contributed by atoms with Crippen LogP contribution in [0.15, 0.2) is 166 Å². The maximum atomic E-state index is 16.8. The molecule has 37 heteroatoms. The fourth-order valence-electron chi connectivity index (χ4n) is 12.6. The molecular formula is C70H82FN15O21. The highest BCUT2D eigenvalue weighted by molar-refractivity contribution is 5.82. The quantitative estimate of drug-likeness (QED) is 0.00851. The first-order valence-corrected chi connectivity index (χ1v) is 34.0. The Labute approximate surface area is 611 Å². The van der Waals surface area contributed by atoms with Gasteiger partial charge in [-0.2, -0.15) is 0 Å². The second-order valence-electron chi connectivity index (χ2n) is 25.2. The molecule has 0 bridgehead atoms. The Balaban J connectivity index is 1.20. The molecule has 4 fully saturated rings. The number of nitrogens with zero attached hydrogens (tertiary/aromatic N) is 13. The number of esters is 2. The zero-order valence-electron chi connectivity index (χ0n) is 58.4. The molecule has 570 valence electrons. The maximum Gasteiger partial charge on any atom is 0.410 e. The van der Waals surface area contributed by atoms with Gasteiger partial charge in [-0.3, -0.25) is 19.3 Å². The molecule has 5 N–H and O–H groups in total. The Kier molecular flexibility index (Phi) is 30.4. The summed E-state index contributed by atoms with van der Waals surface area (Å²) >= 11 is 0. The summed E-state index contributed by atoms with van der Waals surface area (Å²) in [5.74, 6) is -2.81. The lowest BCUT2D eigenvalue weighted by molar-refractivity contribution is -0.303. The lowest BCUT2D eigenvalue weighted by Gasteiger charge is -2.51. The maximum absolute atomic E-state index is 16.8. The first-order valence-electron chi connectivity index (χ1n) is 34.0. The molecule has 3 amide bonds. The summed E-state index contributed by atoms with van der Waals surface area (Å²) < 4.78 is 98.0. The van der Waals surface area contributed by atoms with Gasteiger partial charge in [0.15, 0.2) is 31.1 Å². The fourth-order valence-corrected chi connectivity index (χ4v) is 12.6. The SMILES string of the molecule is COc1ccc(CO[C@H](C(=O)N[C@H]2[C@H](O)[C@@H](O[C@@H]3O[C@H](COC(C)=O)[C@@H](O[C@H]4O[C@@H](CN=[N+]=[N-])[C@H](O)[C@H](O)[C@H]4N=[N+]=[N-])[C@H]3OC(C)=O)[C@H](O[C@H]3O[C@H]([C@H](C)N(Cc4ccccc4)C(=O)OCc4ccccc4)CC[C@H]3N=[N+]=[N-])[C@@H](NC(=O)OCc3ccccc3)[C@@H]2OCc2ccccc2)[C@H](F)CN=[N+]=[N-])cc1. The van der Waals surface area contributed by atoms with E-state index in [2.05, 4.69) is 50.7 Å². The average Bonchev–Trinajstić information content (AvgIpc) is 1.47. The molecule has 9 rings (SSSR count). The van der Waals surface area contributed by atoms with Gasteiger partial charge in [-0.25, -0.2) is 14.0 Å². The minimum Gasteiger partial charge on any atom is -0.497 e. The summed E-state index contributed by atoms with van der Waals surface area (Å²) in [5, 5.41) is 56.2. The van der Waals surface area contributed by atoms with E-state index < -0.39 is 185 Å². The van der Waals surface area contributed by atoms with Crippen molar-refractivity contribution in [3.8, 4) is 5.75 Å². The Morgan fingerprint density at radius 3 is 1.76 bits per heavy atom. The van der Waals surface area contributed by atoms with E-state index in [1.165, 1.54) is 12.0 Å². The van der Waals surface area contributed by atoms with Crippen molar-refractivity contribution in [3.63, 3.8) is 0 Å². The molecule has 3 heterocycles. The van der Waals surface area contributed by atoms with Crippen LogP contribution in [0.4, 0.5) is 14.0 Å². The molecule has 0 radical (unpaired) electrons. The fraction of sp³-hybridized carbons (Fsp3) is 0.500. The molecule has 3 aliphatic heterocycles. The van der Waals surface area contributed by atoms with Gasteiger partial charge in [-0.05, 0) is 81.8 Å². The Morgan fingerprint density at radius 1 is 0.579 bits per heavy atom. The highest BCUT2D eigenvalue weighted by atomic mass is 19.1. The van der Waals surface area contributed by atoms with Gasteiger partial charge in [-0.1, -0.05) is 154 Å². The lowest BCUT2D eigenvalue weighted by atomic mass is 9.80. The number of carbonyl (C=O) groups is 5.